The molecule has 1 rings (SSSR count). The molecule has 0 radical (unpaired) electrons. The van der Waals surface area contributed by atoms with E-state index in [0.717, 1.165) is 0 Å². The van der Waals surface area contributed by atoms with Crippen molar-refractivity contribution < 1.29 is 29.0 Å². The molecule has 1 atom stereocenters. The number of hydrogen-bond acceptors (Lipinski definition) is 5. The zero-order valence-corrected chi connectivity index (χ0v) is 11.0. The van der Waals surface area contributed by atoms with E-state index in [1.165, 1.54) is 4.90 Å². The number of nitrogens with two attached hydrogens (primary N) is 1. The van der Waals surface area contributed by atoms with Crippen molar-refractivity contribution in [2.45, 2.75) is 12.5 Å². The highest BCUT2D eigenvalue weighted by atomic mass is 16.5. The van der Waals surface area contributed by atoms with Crippen LogP contribution in [0.15, 0.2) is 0 Å². The molecule has 1 fully saturated rings. The van der Waals surface area contributed by atoms with Crippen LogP contribution < -0.4 is 11.1 Å². The van der Waals surface area contributed by atoms with E-state index in [1.54, 1.807) is 0 Å². The standard InChI is InChI=1S/C11H19N3O6/c12-9(15)7-19-3-1-13-11(18)14-2-4-20-6-8(14)5-10(16)17/h8H,1-7H2,(H2,12,15)(H,13,18)(H,16,17). The maximum atomic E-state index is 11.9. The van der Waals surface area contributed by atoms with Gasteiger partial charge in [0.05, 0.1) is 32.3 Å². The average molecular weight is 289 g/mol. The smallest absolute Gasteiger partial charge is 0.317 e. The van der Waals surface area contributed by atoms with Gasteiger partial charge in [-0.05, 0) is 0 Å². The molecule has 0 aliphatic carbocycles. The summed E-state index contributed by atoms with van der Waals surface area (Å²) in [6, 6.07) is -0.852. The number of ether oxygens (including phenoxy) is 2. The van der Waals surface area contributed by atoms with Crippen LogP contribution in [0.1, 0.15) is 6.42 Å². The molecule has 1 aliphatic rings. The predicted molar refractivity (Wildman–Crippen MR) is 67.0 cm³/mol. The fourth-order valence-electron chi connectivity index (χ4n) is 1.80. The molecule has 1 unspecified atom stereocenters. The summed E-state index contributed by atoms with van der Waals surface area (Å²) >= 11 is 0. The lowest BCUT2D eigenvalue weighted by atomic mass is 10.1. The third kappa shape index (κ3) is 5.85. The number of nitrogens with zero attached hydrogens (tertiary/aromatic N) is 1. The molecule has 0 saturated carbocycles. The van der Waals surface area contributed by atoms with Gasteiger partial charge in [0.25, 0.3) is 0 Å². The Morgan fingerprint density at radius 1 is 1.45 bits per heavy atom. The van der Waals surface area contributed by atoms with Crippen molar-refractivity contribution in [3.05, 3.63) is 0 Å². The van der Waals surface area contributed by atoms with Crippen LogP contribution in [0.25, 0.3) is 0 Å². The van der Waals surface area contributed by atoms with Gasteiger partial charge in [0.2, 0.25) is 5.91 Å². The second kappa shape index (κ2) is 8.33. The first kappa shape index (κ1) is 16.2. The molecule has 0 spiro atoms. The van der Waals surface area contributed by atoms with Gasteiger partial charge in [-0.3, -0.25) is 9.59 Å². The summed E-state index contributed by atoms with van der Waals surface area (Å²) in [6.07, 6.45) is -0.161. The maximum Gasteiger partial charge on any atom is 0.317 e. The summed E-state index contributed by atoms with van der Waals surface area (Å²) in [7, 11) is 0. The van der Waals surface area contributed by atoms with E-state index in [1.807, 2.05) is 0 Å². The predicted octanol–water partition coefficient (Wildman–Crippen LogP) is -1.63. The van der Waals surface area contributed by atoms with Crippen molar-refractivity contribution in [2.24, 2.45) is 5.73 Å². The van der Waals surface area contributed by atoms with Gasteiger partial charge >= 0.3 is 12.0 Å². The molecule has 1 aliphatic heterocycles. The van der Waals surface area contributed by atoms with Gasteiger partial charge in [0, 0.05) is 13.1 Å². The number of carbonyl (C=O) groups is 3. The fraction of sp³-hybridized carbons (Fsp3) is 0.727. The second-order valence-electron chi connectivity index (χ2n) is 4.27. The third-order valence-electron chi connectivity index (χ3n) is 2.67. The number of amides is 3. The van der Waals surface area contributed by atoms with Crippen molar-refractivity contribution in [1.29, 1.82) is 0 Å². The van der Waals surface area contributed by atoms with Crippen molar-refractivity contribution in [3.63, 3.8) is 0 Å². The van der Waals surface area contributed by atoms with Crippen molar-refractivity contribution in [1.82, 2.24) is 10.2 Å². The number of hydrogen-bond donors (Lipinski definition) is 3. The van der Waals surface area contributed by atoms with Gasteiger partial charge in [-0.2, -0.15) is 0 Å². The first-order chi connectivity index (χ1) is 9.50. The first-order valence-corrected chi connectivity index (χ1v) is 6.20. The summed E-state index contributed by atoms with van der Waals surface area (Å²) < 4.78 is 10.1. The Morgan fingerprint density at radius 3 is 2.85 bits per heavy atom. The van der Waals surface area contributed by atoms with Gasteiger partial charge in [-0.15, -0.1) is 0 Å². The molecule has 0 aromatic heterocycles. The molecular weight excluding hydrogens is 270 g/mol. The van der Waals surface area contributed by atoms with E-state index in [0.29, 0.717) is 13.2 Å². The molecule has 4 N–H and O–H groups in total. The summed E-state index contributed by atoms with van der Waals surface area (Å²) in [6.45, 7) is 1.09. The van der Waals surface area contributed by atoms with Crippen LogP contribution in [-0.4, -0.2) is 73.5 Å². The Hall–Kier alpha value is -1.87. The number of urea groups is 1. The summed E-state index contributed by atoms with van der Waals surface area (Å²) in [5.74, 6) is -1.56. The van der Waals surface area contributed by atoms with Crippen LogP contribution in [0.4, 0.5) is 4.79 Å². The minimum Gasteiger partial charge on any atom is -0.481 e. The minimum absolute atomic E-state index is 0.155. The van der Waals surface area contributed by atoms with Crippen LogP contribution in [0.3, 0.4) is 0 Å². The Balaban J connectivity index is 2.31. The quantitative estimate of drug-likeness (QED) is 0.482. The minimum atomic E-state index is -0.983. The average Bonchev–Trinajstić information content (AvgIpc) is 2.37. The second-order valence-corrected chi connectivity index (χ2v) is 4.27. The Morgan fingerprint density at radius 2 is 2.20 bits per heavy atom. The normalized spacial score (nSPS) is 18.6. The van der Waals surface area contributed by atoms with Gasteiger partial charge in [0.15, 0.2) is 0 Å². The SMILES string of the molecule is NC(=O)COCCNC(=O)N1CCOCC1CC(=O)O. The van der Waals surface area contributed by atoms with Crippen LogP contribution >= 0.6 is 0 Å². The highest BCUT2D eigenvalue weighted by molar-refractivity contribution is 5.76. The maximum absolute atomic E-state index is 11.9. The summed E-state index contributed by atoms with van der Waals surface area (Å²) in [5, 5.41) is 11.4. The molecule has 114 valence electrons. The van der Waals surface area contributed by atoms with E-state index < -0.39 is 17.9 Å². The summed E-state index contributed by atoms with van der Waals surface area (Å²) in [4.78, 5) is 34.5. The first-order valence-electron chi connectivity index (χ1n) is 6.20. The van der Waals surface area contributed by atoms with E-state index >= 15 is 0 Å². The fourth-order valence-corrected chi connectivity index (χ4v) is 1.80. The van der Waals surface area contributed by atoms with Gasteiger partial charge < -0.3 is 30.5 Å². The zero-order chi connectivity index (χ0) is 15.0. The van der Waals surface area contributed by atoms with E-state index in [2.05, 4.69) is 5.32 Å². The Labute approximate surface area is 116 Å². The molecule has 3 amide bonds. The number of carboxylic acid groups (broad SMARTS) is 1. The van der Waals surface area contributed by atoms with Crippen molar-refractivity contribution in [3.8, 4) is 0 Å². The number of primary amides is 1. The molecule has 20 heavy (non-hydrogen) atoms. The topological polar surface area (TPSA) is 131 Å². The Kier molecular flexibility index (Phi) is 6.74. The number of aliphatic carboxylic acids is 1. The van der Waals surface area contributed by atoms with Crippen LogP contribution in [0.5, 0.6) is 0 Å². The van der Waals surface area contributed by atoms with E-state index in [-0.39, 0.29) is 38.8 Å². The third-order valence-corrected chi connectivity index (χ3v) is 2.67. The zero-order valence-electron chi connectivity index (χ0n) is 11.0. The molecule has 1 saturated heterocycles. The lowest BCUT2D eigenvalue weighted by Gasteiger charge is -2.34. The largest absolute Gasteiger partial charge is 0.481 e. The lowest BCUT2D eigenvalue weighted by Crippen LogP contribution is -2.53. The monoisotopic (exact) mass is 289 g/mol. The number of morpholine rings is 1. The van der Waals surface area contributed by atoms with E-state index in [4.69, 9.17) is 20.3 Å². The summed E-state index contributed by atoms with van der Waals surface area (Å²) in [5.41, 5.74) is 4.89. The number of carboxylic acids is 1. The van der Waals surface area contributed by atoms with Crippen molar-refractivity contribution in [2.75, 3.05) is 39.5 Å². The van der Waals surface area contributed by atoms with Gasteiger partial charge in [-0.25, -0.2) is 4.79 Å². The molecule has 0 aromatic rings. The van der Waals surface area contributed by atoms with Gasteiger partial charge in [0.1, 0.15) is 6.61 Å². The lowest BCUT2D eigenvalue weighted by molar-refractivity contribution is -0.139. The molecule has 9 heteroatoms. The van der Waals surface area contributed by atoms with Crippen molar-refractivity contribution >= 4 is 17.9 Å². The molecule has 0 aromatic carbocycles. The number of carbonyl (C=O) groups excluding carboxylic acids is 2. The molecule has 0 bridgehead atoms. The van der Waals surface area contributed by atoms with E-state index in [9.17, 15) is 14.4 Å². The van der Waals surface area contributed by atoms with Crippen LogP contribution in [0.2, 0.25) is 0 Å². The highest BCUT2D eigenvalue weighted by Crippen LogP contribution is 2.10. The molecule has 9 nitrogen and oxygen atoms in total. The Bertz CT molecular complexity index is 362. The molecule has 1 heterocycles. The molecular formula is C11H19N3O6. The van der Waals surface area contributed by atoms with Crippen LogP contribution in [-0.2, 0) is 19.1 Å². The highest BCUT2D eigenvalue weighted by Gasteiger charge is 2.28. The number of rotatable bonds is 7. The van der Waals surface area contributed by atoms with Crippen LogP contribution in [0, 0.1) is 0 Å². The number of nitrogens with one attached hydrogen (secondary N) is 1. The van der Waals surface area contributed by atoms with Gasteiger partial charge in [-0.1, -0.05) is 0 Å².